The van der Waals surface area contributed by atoms with Crippen molar-refractivity contribution in [2.24, 2.45) is 0 Å². The largest absolute Gasteiger partial charge is 0.376 e. The molecule has 0 aromatic carbocycles. The summed E-state index contributed by atoms with van der Waals surface area (Å²) in [6.07, 6.45) is 2.56. The molecule has 0 N–H and O–H groups in total. The van der Waals surface area contributed by atoms with E-state index in [-0.39, 0.29) is 29.6 Å². The maximum absolute atomic E-state index is 13.2. The van der Waals surface area contributed by atoms with Gasteiger partial charge in [0.05, 0.1) is 24.2 Å². The first-order valence-corrected chi connectivity index (χ1v) is 13.3. The molecule has 0 radical (unpaired) electrons. The predicted octanol–water partition coefficient (Wildman–Crippen LogP) is 1.06. The maximum atomic E-state index is 13.2. The van der Waals surface area contributed by atoms with Crippen molar-refractivity contribution in [3.63, 3.8) is 0 Å². The van der Waals surface area contributed by atoms with E-state index in [2.05, 4.69) is 27.3 Å². The number of hydrogen-bond donors (Lipinski definition) is 0. The van der Waals surface area contributed by atoms with Gasteiger partial charge in [0.15, 0.2) is 9.84 Å². The first-order chi connectivity index (χ1) is 14.0. The van der Waals surface area contributed by atoms with Gasteiger partial charge < -0.3 is 9.64 Å². The lowest BCUT2D eigenvalue weighted by Gasteiger charge is -2.36. The van der Waals surface area contributed by atoms with Crippen molar-refractivity contribution in [1.82, 2.24) is 14.7 Å². The molecule has 4 rings (SSSR count). The highest BCUT2D eigenvalue weighted by Gasteiger charge is 2.37. The lowest BCUT2D eigenvalue weighted by molar-refractivity contribution is -0.136. The molecule has 3 saturated heterocycles. The Balaban J connectivity index is 1.31. The number of sulfone groups is 1. The van der Waals surface area contributed by atoms with Gasteiger partial charge in [-0.2, -0.15) is 0 Å². The van der Waals surface area contributed by atoms with Crippen LogP contribution in [-0.4, -0.2) is 98.6 Å². The molecule has 0 saturated carbocycles. The summed E-state index contributed by atoms with van der Waals surface area (Å²) in [5.74, 6) is 0.336. The molecule has 1 aromatic rings. The highest BCUT2D eigenvalue weighted by molar-refractivity contribution is 7.91. The average Bonchev–Trinajstić information content (AvgIpc) is 3.44. The zero-order chi connectivity index (χ0) is 20.3. The van der Waals surface area contributed by atoms with Gasteiger partial charge in [-0.05, 0) is 30.7 Å². The highest BCUT2D eigenvalue weighted by atomic mass is 32.2. The molecule has 1 amide bonds. The Morgan fingerprint density at radius 2 is 2.00 bits per heavy atom. The third-order valence-corrected chi connectivity index (χ3v) is 8.79. The third kappa shape index (κ3) is 5.79. The summed E-state index contributed by atoms with van der Waals surface area (Å²) >= 11 is 1.78. The fraction of sp³-hybridized carbons (Fsp3) is 0.750. The van der Waals surface area contributed by atoms with Crippen molar-refractivity contribution in [3.8, 4) is 0 Å². The highest BCUT2D eigenvalue weighted by Crippen LogP contribution is 2.22. The van der Waals surface area contributed by atoms with Crippen LogP contribution in [0.15, 0.2) is 17.5 Å². The summed E-state index contributed by atoms with van der Waals surface area (Å²) < 4.78 is 29.7. The van der Waals surface area contributed by atoms with Crippen LogP contribution in [0.2, 0.25) is 0 Å². The van der Waals surface area contributed by atoms with Gasteiger partial charge in [0.2, 0.25) is 5.91 Å². The maximum Gasteiger partial charge on any atom is 0.237 e. The molecule has 9 heteroatoms. The van der Waals surface area contributed by atoms with Gasteiger partial charge in [-0.1, -0.05) is 6.07 Å². The monoisotopic (exact) mass is 441 g/mol. The van der Waals surface area contributed by atoms with Crippen LogP contribution in [0.1, 0.15) is 24.1 Å². The number of thiophene rings is 1. The number of nitrogens with zero attached hydrogens (tertiary/aromatic N) is 3. The van der Waals surface area contributed by atoms with E-state index in [4.69, 9.17) is 4.74 Å². The lowest BCUT2D eigenvalue weighted by atomic mass is 10.1. The van der Waals surface area contributed by atoms with Crippen LogP contribution in [-0.2, 0) is 25.9 Å². The van der Waals surface area contributed by atoms with Gasteiger partial charge in [-0.15, -0.1) is 11.3 Å². The molecular formula is C20H31N3O4S2. The van der Waals surface area contributed by atoms with Crippen LogP contribution in [0.4, 0.5) is 0 Å². The molecule has 2 unspecified atom stereocenters. The molecule has 29 heavy (non-hydrogen) atoms. The number of carbonyl (C=O) groups is 1. The van der Waals surface area contributed by atoms with E-state index >= 15 is 0 Å². The first-order valence-electron chi connectivity index (χ1n) is 10.6. The Hall–Kier alpha value is -1.00. The average molecular weight is 442 g/mol. The second kappa shape index (κ2) is 9.43. The first kappa shape index (κ1) is 21.2. The van der Waals surface area contributed by atoms with Crippen molar-refractivity contribution in [3.05, 3.63) is 22.4 Å². The molecule has 0 spiro atoms. The van der Waals surface area contributed by atoms with Crippen LogP contribution in [0.5, 0.6) is 0 Å². The predicted molar refractivity (Wildman–Crippen MR) is 114 cm³/mol. The Bertz CT molecular complexity index is 770. The lowest BCUT2D eigenvalue weighted by Crippen LogP contribution is -2.52. The molecule has 3 aliphatic rings. The normalized spacial score (nSPS) is 28.0. The standard InChI is InChI=1S/C20H31N3O4S2/c24-20(15-22-8-6-21(7-9-22)14-19-4-2-11-28-19)23(13-18-3-1-10-27-18)17-5-12-29(25,26)16-17/h2,4,11,17-18H,1,3,5-10,12-16H2. The molecular weight excluding hydrogens is 410 g/mol. The minimum Gasteiger partial charge on any atom is -0.376 e. The summed E-state index contributed by atoms with van der Waals surface area (Å²) in [7, 11) is -3.03. The summed E-state index contributed by atoms with van der Waals surface area (Å²) in [4.78, 5) is 21.0. The van der Waals surface area contributed by atoms with Crippen LogP contribution in [0.3, 0.4) is 0 Å². The van der Waals surface area contributed by atoms with Gasteiger partial charge in [0.1, 0.15) is 0 Å². The molecule has 2 atom stereocenters. The minimum atomic E-state index is -3.03. The number of hydrogen-bond acceptors (Lipinski definition) is 7. The second-order valence-electron chi connectivity index (χ2n) is 8.37. The molecule has 0 bridgehead atoms. The van der Waals surface area contributed by atoms with Crippen molar-refractivity contribution in [2.75, 3.05) is 57.4 Å². The zero-order valence-electron chi connectivity index (χ0n) is 16.9. The molecule has 4 heterocycles. The molecule has 3 aliphatic heterocycles. The van der Waals surface area contributed by atoms with Gasteiger partial charge in [-0.3, -0.25) is 14.6 Å². The van der Waals surface area contributed by atoms with E-state index in [1.165, 1.54) is 4.88 Å². The van der Waals surface area contributed by atoms with Crippen LogP contribution >= 0.6 is 11.3 Å². The Morgan fingerprint density at radius 3 is 2.62 bits per heavy atom. The van der Waals surface area contributed by atoms with Crippen LogP contribution in [0, 0.1) is 0 Å². The molecule has 0 aliphatic carbocycles. The quantitative estimate of drug-likeness (QED) is 0.630. The van der Waals surface area contributed by atoms with Crippen molar-refractivity contribution in [1.29, 1.82) is 0 Å². The van der Waals surface area contributed by atoms with E-state index in [0.29, 0.717) is 19.5 Å². The smallest absolute Gasteiger partial charge is 0.237 e. The summed E-state index contributed by atoms with van der Waals surface area (Å²) in [5.41, 5.74) is 0. The van der Waals surface area contributed by atoms with Gasteiger partial charge in [0, 0.05) is 56.8 Å². The van der Waals surface area contributed by atoms with Gasteiger partial charge in [0.25, 0.3) is 0 Å². The number of piperazine rings is 1. The zero-order valence-corrected chi connectivity index (χ0v) is 18.5. The number of carbonyl (C=O) groups excluding carboxylic acids is 1. The van der Waals surface area contributed by atoms with E-state index in [1.54, 1.807) is 11.3 Å². The fourth-order valence-electron chi connectivity index (χ4n) is 4.49. The van der Waals surface area contributed by atoms with Crippen LogP contribution < -0.4 is 0 Å². The van der Waals surface area contributed by atoms with Gasteiger partial charge in [-0.25, -0.2) is 8.42 Å². The summed E-state index contributed by atoms with van der Waals surface area (Å²) in [5, 5.41) is 2.11. The topological polar surface area (TPSA) is 70.2 Å². The van der Waals surface area contributed by atoms with Crippen molar-refractivity contribution in [2.45, 2.75) is 38.0 Å². The molecule has 7 nitrogen and oxygen atoms in total. The Kier molecular flexibility index (Phi) is 6.91. The Morgan fingerprint density at radius 1 is 1.21 bits per heavy atom. The van der Waals surface area contributed by atoms with Crippen molar-refractivity contribution < 1.29 is 17.9 Å². The Labute approximate surface area is 177 Å². The minimum absolute atomic E-state index is 0.0462. The molecule has 162 valence electrons. The number of rotatable bonds is 7. The molecule has 3 fully saturated rings. The SMILES string of the molecule is O=C(CN1CCN(Cc2cccs2)CC1)N(CC1CCCO1)C1CCS(=O)(=O)C1. The van der Waals surface area contributed by atoms with Crippen molar-refractivity contribution >= 4 is 27.1 Å². The summed E-state index contributed by atoms with van der Waals surface area (Å²) in [6.45, 7) is 6.25. The number of amides is 1. The van der Waals surface area contributed by atoms with E-state index in [1.807, 2.05) is 4.90 Å². The van der Waals surface area contributed by atoms with E-state index in [9.17, 15) is 13.2 Å². The van der Waals surface area contributed by atoms with E-state index in [0.717, 1.165) is 52.2 Å². The van der Waals surface area contributed by atoms with Gasteiger partial charge >= 0.3 is 0 Å². The third-order valence-electron chi connectivity index (χ3n) is 6.18. The number of ether oxygens (including phenoxy) is 1. The second-order valence-corrected chi connectivity index (χ2v) is 11.6. The summed E-state index contributed by atoms with van der Waals surface area (Å²) in [6, 6.07) is 4.05. The van der Waals surface area contributed by atoms with Crippen LogP contribution in [0.25, 0.3) is 0 Å². The fourth-order valence-corrected chi connectivity index (χ4v) is 6.97. The molecule has 1 aromatic heterocycles. The van der Waals surface area contributed by atoms with E-state index < -0.39 is 9.84 Å².